The summed E-state index contributed by atoms with van der Waals surface area (Å²) in [5.74, 6) is 0.142. The number of aromatic nitrogens is 1. The molecule has 3 heterocycles. The van der Waals surface area contributed by atoms with E-state index in [1.165, 1.54) is 16.2 Å². The first-order valence-corrected chi connectivity index (χ1v) is 7.14. The Morgan fingerprint density at radius 1 is 1.60 bits per heavy atom. The van der Waals surface area contributed by atoms with Crippen molar-refractivity contribution in [3.63, 3.8) is 0 Å². The molecule has 1 atom stereocenters. The minimum absolute atomic E-state index is 0.147. The number of carbonyl (C=O) groups is 2. The average molecular weight is 291 g/mol. The van der Waals surface area contributed by atoms with E-state index in [2.05, 4.69) is 10.5 Å². The van der Waals surface area contributed by atoms with Crippen molar-refractivity contribution in [2.45, 2.75) is 13.0 Å². The molecule has 20 heavy (non-hydrogen) atoms. The van der Waals surface area contributed by atoms with E-state index in [0.717, 1.165) is 4.88 Å². The van der Waals surface area contributed by atoms with Gasteiger partial charge >= 0.3 is 0 Å². The van der Waals surface area contributed by atoms with Gasteiger partial charge in [-0.1, -0.05) is 11.2 Å². The predicted octanol–water partition coefficient (Wildman–Crippen LogP) is 1.36. The van der Waals surface area contributed by atoms with Crippen LogP contribution in [0.25, 0.3) is 10.6 Å². The molecule has 104 valence electrons. The Morgan fingerprint density at radius 3 is 3.20 bits per heavy atom. The number of hydrogen-bond acceptors (Lipinski definition) is 5. The van der Waals surface area contributed by atoms with Gasteiger partial charge in [0.15, 0.2) is 11.5 Å². The smallest absolute Gasteiger partial charge is 0.276 e. The standard InChI is InChI=1S/C13H13N3O3S/c1-8-12(17)14-4-5-16(8)13(18)9-7-10(19-15-9)11-3-2-6-20-11/h2-3,6-8H,4-5H2,1H3,(H,14,17). The summed E-state index contributed by atoms with van der Waals surface area (Å²) >= 11 is 1.51. The Bertz CT molecular complexity index is 635. The summed E-state index contributed by atoms with van der Waals surface area (Å²) in [6.07, 6.45) is 0. The minimum atomic E-state index is -0.488. The van der Waals surface area contributed by atoms with Crippen molar-refractivity contribution in [2.75, 3.05) is 13.1 Å². The van der Waals surface area contributed by atoms with Crippen LogP contribution in [0.2, 0.25) is 0 Å². The third kappa shape index (κ3) is 2.20. The van der Waals surface area contributed by atoms with Crippen LogP contribution >= 0.6 is 11.3 Å². The lowest BCUT2D eigenvalue weighted by Crippen LogP contribution is -2.55. The van der Waals surface area contributed by atoms with Crippen molar-refractivity contribution in [2.24, 2.45) is 0 Å². The summed E-state index contributed by atoms with van der Waals surface area (Å²) in [5, 5.41) is 8.46. The molecule has 2 aromatic heterocycles. The zero-order valence-electron chi connectivity index (χ0n) is 10.8. The molecule has 0 saturated carbocycles. The molecule has 1 aliphatic rings. The number of thiophene rings is 1. The fourth-order valence-electron chi connectivity index (χ4n) is 2.12. The number of carbonyl (C=O) groups excluding carboxylic acids is 2. The van der Waals surface area contributed by atoms with Gasteiger partial charge in [0.05, 0.1) is 4.88 Å². The Hall–Kier alpha value is -2.15. The van der Waals surface area contributed by atoms with Crippen molar-refractivity contribution in [1.82, 2.24) is 15.4 Å². The summed E-state index contributed by atoms with van der Waals surface area (Å²) < 4.78 is 5.20. The fourth-order valence-corrected chi connectivity index (χ4v) is 2.79. The van der Waals surface area contributed by atoms with Crippen LogP contribution in [0.5, 0.6) is 0 Å². The van der Waals surface area contributed by atoms with E-state index in [0.29, 0.717) is 18.8 Å². The van der Waals surface area contributed by atoms with Crippen LogP contribution in [0.3, 0.4) is 0 Å². The van der Waals surface area contributed by atoms with Crippen molar-refractivity contribution in [3.05, 3.63) is 29.3 Å². The molecule has 7 heteroatoms. The number of amides is 2. The summed E-state index contributed by atoms with van der Waals surface area (Å²) in [4.78, 5) is 26.4. The van der Waals surface area contributed by atoms with Gasteiger partial charge in [0, 0.05) is 19.2 Å². The van der Waals surface area contributed by atoms with Gasteiger partial charge in [-0.15, -0.1) is 11.3 Å². The van der Waals surface area contributed by atoms with Gasteiger partial charge in [0.25, 0.3) is 5.91 Å². The van der Waals surface area contributed by atoms with E-state index >= 15 is 0 Å². The van der Waals surface area contributed by atoms with Crippen LogP contribution in [0, 0.1) is 0 Å². The van der Waals surface area contributed by atoms with Crippen molar-refractivity contribution >= 4 is 23.2 Å². The molecule has 3 rings (SSSR count). The molecule has 1 aliphatic heterocycles. The van der Waals surface area contributed by atoms with Gasteiger partial charge in [-0.25, -0.2) is 0 Å². The molecule has 1 fully saturated rings. The molecule has 0 radical (unpaired) electrons. The van der Waals surface area contributed by atoms with E-state index in [1.54, 1.807) is 13.0 Å². The molecule has 0 bridgehead atoms. The minimum Gasteiger partial charge on any atom is -0.355 e. The molecule has 0 spiro atoms. The summed E-state index contributed by atoms with van der Waals surface area (Å²) in [6, 6.07) is 4.93. The molecule has 1 N–H and O–H groups in total. The Labute approximate surface area is 119 Å². The Balaban J connectivity index is 1.82. The molecule has 0 aliphatic carbocycles. The predicted molar refractivity (Wildman–Crippen MR) is 73.3 cm³/mol. The van der Waals surface area contributed by atoms with Crippen LogP contribution in [-0.4, -0.2) is 41.0 Å². The first-order chi connectivity index (χ1) is 9.66. The lowest BCUT2D eigenvalue weighted by atomic mass is 10.2. The zero-order chi connectivity index (χ0) is 14.1. The van der Waals surface area contributed by atoms with E-state index < -0.39 is 6.04 Å². The van der Waals surface area contributed by atoms with Gasteiger partial charge in [0.1, 0.15) is 6.04 Å². The third-order valence-corrected chi connectivity index (χ3v) is 4.14. The maximum atomic E-state index is 12.4. The molecule has 0 aromatic carbocycles. The second kappa shape index (κ2) is 5.09. The van der Waals surface area contributed by atoms with Crippen molar-refractivity contribution < 1.29 is 14.1 Å². The normalized spacial score (nSPS) is 18.9. The molecule has 1 unspecified atom stereocenters. The highest BCUT2D eigenvalue weighted by molar-refractivity contribution is 7.13. The summed E-state index contributed by atoms with van der Waals surface area (Å²) in [6.45, 7) is 2.64. The Kier molecular flexibility index (Phi) is 3.27. The SMILES string of the molecule is CC1C(=O)NCCN1C(=O)c1cc(-c2cccs2)on1. The van der Waals surface area contributed by atoms with Crippen LogP contribution in [0.1, 0.15) is 17.4 Å². The molecular formula is C13H13N3O3S. The Morgan fingerprint density at radius 2 is 2.45 bits per heavy atom. The second-order valence-electron chi connectivity index (χ2n) is 4.52. The van der Waals surface area contributed by atoms with E-state index in [4.69, 9.17) is 4.52 Å². The second-order valence-corrected chi connectivity index (χ2v) is 5.47. The van der Waals surface area contributed by atoms with Crippen LogP contribution in [0.4, 0.5) is 0 Å². The number of hydrogen-bond donors (Lipinski definition) is 1. The third-order valence-electron chi connectivity index (χ3n) is 3.25. The lowest BCUT2D eigenvalue weighted by Gasteiger charge is -2.32. The van der Waals surface area contributed by atoms with Crippen LogP contribution in [-0.2, 0) is 4.79 Å². The van der Waals surface area contributed by atoms with Gasteiger partial charge in [-0.05, 0) is 18.4 Å². The van der Waals surface area contributed by atoms with E-state index in [9.17, 15) is 9.59 Å². The van der Waals surface area contributed by atoms with Gasteiger partial charge in [0.2, 0.25) is 5.91 Å². The molecule has 2 amide bonds. The van der Waals surface area contributed by atoms with Gasteiger partial charge in [-0.2, -0.15) is 0 Å². The first-order valence-electron chi connectivity index (χ1n) is 6.26. The zero-order valence-corrected chi connectivity index (χ0v) is 11.6. The monoisotopic (exact) mass is 291 g/mol. The van der Waals surface area contributed by atoms with Crippen molar-refractivity contribution in [3.8, 4) is 10.6 Å². The maximum absolute atomic E-state index is 12.4. The highest BCUT2D eigenvalue weighted by atomic mass is 32.1. The van der Waals surface area contributed by atoms with E-state index in [1.807, 2.05) is 17.5 Å². The van der Waals surface area contributed by atoms with Gasteiger partial charge < -0.3 is 14.7 Å². The number of nitrogens with one attached hydrogen (secondary N) is 1. The first kappa shape index (κ1) is 12.9. The quantitative estimate of drug-likeness (QED) is 0.906. The highest BCUT2D eigenvalue weighted by Crippen LogP contribution is 2.25. The molecule has 2 aromatic rings. The van der Waals surface area contributed by atoms with Crippen LogP contribution in [0.15, 0.2) is 28.1 Å². The number of rotatable bonds is 2. The average Bonchev–Trinajstić information content (AvgIpc) is 3.11. The van der Waals surface area contributed by atoms with Gasteiger partial charge in [-0.3, -0.25) is 9.59 Å². The topological polar surface area (TPSA) is 75.4 Å². The van der Waals surface area contributed by atoms with Crippen LogP contribution < -0.4 is 5.32 Å². The largest absolute Gasteiger partial charge is 0.355 e. The molecular weight excluding hydrogens is 278 g/mol. The summed E-state index contributed by atoms with van der Waals surface area (Å²) in [7, 11) is 0. The summed E-state index contributed by atoms with van der Waals surface area (Å²) in [5.41, 5.74) is 0.231. The molecule has 6 nitrogen and oxygen atoms in total. The molecule has 1 saturated heterocycles. The van der Waals surface area contributed by atoms with Crippen molar-refractivity contribution in [1.29, 1.82) is 0 Å². The maximum Gasteiger partial charge on any atom is 0.276 e. The lowest BCUT2D eigenvalue weighted by molar-refractivity contribution is -0.127. The fraction of sp³-hybridized carbons (Fsp3) is 0.308. The number of piperazine rings is 1. The highest BCUT2D eigenvalue weighted by Gasteiger charge is 2.31. The number of nitrogens with zero attached hydrogens (tertiary/aromatic N) is 2. The van der Waals surface area contributed by atoms with E-state index in [-0.39, 0.29) is 17.5 Å².